The number of aryl methyl sites for hydroxylation is 1. The van der Waals surface area contributed by atoms with Crippen molar-refractivity contribution in [1.29, 1.82) is 0 Å². The molecule has 1 saturated heterocycles. The van der Waals surface area contributed by atoms with Crippen LogP contribution in [0, 0.1) is 6.92 Å². The zero-order valence-corrected chi connectivity index (χ0v) is 12.9. The number of amides is 1. The van der Waals surface area contributed by atoms with Gasteiger partial charge in [0.1, 0.15) is 5.75 Å². The van der Waals surface area contributed by atoms with Crippen molar-refractivity contribution >= 4 is 18.3 Å². The number of carbonyl (C=O) groups is 1. The molecule has 0 aromatic heterocycles. The Kier molecular flexibility index (Phi) is 6.82. The second-order valence-electron chi connectivity index (χ2n) is 5.11. The zero-order valence-electron chi connectivity index (χ0n) is 12.1. The molecular formula is C15H23ClN2O2. The van der Waals surface area contributed by atoms with Crippen molar-refractivity contribution < 1.29 is 9.53 Å². The molecule has 1 aliphatic rings. The van der Waals surface area contributed by atoms with Crippen LogP contribution in [-0.2, 0) is 4.79 Å². The van der Waals surface area contributed by atoms with E-state index >= 15 is 0 Å². The predicted octanol–water partition coefficient (Wildman–Crippen LogP) is 2.01. The fourth-order valence-corrected chi connectivity index (χ4v) is 2.28. The Hall–Kier alpha value is -1.26. The molecule has 1 atom stereocenters. The van der Waals surface area contributed by atoms with Gasteiger partial charge >= 0.3 is 0 Å². The second kappa shape index (κ2) is 8.12. The van der Waals surface area contributed by atoms with Crippen molar-refractivity contribution in [2.24, 2.45) is 0 Å². The quantitative estimate of drug-likeness (QED) is 0.924. The fourth-order valence-electron chi connectivity index (χ4n) is 2.28. The Morgan fingerprint density at radius 1 is 1.50 bits per heavy atom. The number of rotatable bonds is 4. The van der Waals surface area contributed by atoms with Gasteiger partial charge in [0.15, 0.2) is 0 Å². The maximum atomic E-state index is 12.0. The van der Waals surface area contributed by atoms with Gasteiger partial charge < -0.3 is 15.0 Å². The number of benzene rings is 1. The molecule has 1 N–H and O–H groups in total. The standard InChI is InChI=1S/C15H22N2O2.ClH/c1-12-4-3-5-14(10-12)19-9-6-15(18)17-8-7-16-13(2)11-17;/h3-5,10,13,16H,6-9,11H2,1-2H3;1H/t13-;/m0./s1. The van der Waals surface area contributed by atoms with E-state index in [2.05, 4.69) is 12.2 Å². The summed E-state index contributed by atoms with van der Waals surface area (Å²) in [6.45, 7) is 7.05. The lowest BCUT2D eigenvalue weighted by atomic mass is 10.2. The zero-order chi connectivity index (χ0) is 13.7. The van der Waals surface area contributed by atoms with Gasteiger partial charge in [-0.15, -0.1) is 12.4 Å². The summed E-state index contributed by atoms with van der Waals surface area (Å²) >= 11 is 0. The molecule has 5 heteroatoms. The highest BCUT2D eigenvalue weighted by molar-refractivity contribution is 5.85. The van der Waals surface area contributed by atoms with Crippen LogP contribution >= 0.6 is 12.4 Å². The van der Waals surface area contributed by atoms with Crippen LogP contribution in [0.15, 0.2) is 24.3 Å². The number of piperazine rings is 1. The monoisotopic (exact) mass is 298 g/mol. The number of nitrogens with one attached hydrogen (secondary N) is 1. The summed E-state index contributed by atoms with van der Waals surface area (Å²) in [4.78, 5) is 13.9. The number of hydrogen-bond donors (Lipinski definition) is 1. The van der Waals surface area contributed by atoms with Gasteiger partial charge in [-0.05, 0) is 31.5 Å². The predicted molar refractivity (Wildman–Crippen MR) is 82.6 cm³/mol. The summed E-state index contributed by atoms with van der Waals surface area (Å²) in [5, 5.41) is 3.33. The summed E-state index contributed by atoms with van der Waals surface area (Å²) in [6, 6.07) is 8.28. The molecule has 0 aliphatic carbocycles. The third-order valence-electron chi connectivity index (χ3n) is 3.30. The third-order valence-corrected chi connectivity index (χ3v) is 3.30. The van der Waals surface area contributed by atoms with Gasteiger partial charge in [-0.1, -0.05) is 12.1 Å². The van der Waals surface area contributed by atoms with Crippen molar-refractivity contribution in [2.45, 2.75) is 26.3 Å². The summed E-state index contributed by atoms with van der Waals surface area (Å²) in [5.74, 6) is 1.02. The molecule has 0 radical (unpaired) electrons. The largest absolute Gasteiger partial charge is 0.493 e. The molecule has 20 heavy (non-hydrogen) atoms. The SMILES string of the molecule is Cc1cccc(OCCC(=O)N2CCN[C@@H](C)C2)c1.Cl. The molecular weight excluding hydrogens is 276 g/mol. The van der Waals surface area contributed by atoms with Crippen LogP contribution in [-0.4, -0.2) is 43.1 Å². The van der Waals surface area contributed by atoms with E-state index in [1.165, 1.54) is 5.56 Å². The summed E-state index contributed by atoms with van der Waals surface area (Å²) in [6.07, 6.45) is 0.445. The van der Waals surface area contributed by atoms with Crippen LogP contribution in [0.4, 0.5) is 0 Å². The van der Waals surface area contributed by atoms with Crippen LogP contribution in [0.5, 0.6) is 5.75 Å². The minimum Gasteiger partial charge on any atom is -0.493 e. The van der Waals surface area contributed by atoms with Crippen molar-refractivity contribution in [3.8, 4) is 5.75 Å². The lowest BCUT2D eigenvalue weighted by molar-refractivity contribution is -0.132. The normalized spacial score (nSPS) is 18.3. The summed E-state index contributed by atoms with van der Waals surface area (Å²) in [7, 11) is 0. The van der Waals surface area contributed by atoms with E-state index in [0.717, 1.165) is 25.4 Å². The van der Waals surface area contributed by atoms with Gasteiger partial charge in [0.2, 0.25) is 5.91 Å². The number of carbonyl (C=O) groups excluding carboxylic acids is 1. The summed E-state index contributed by atoms with van der Waals surface area (Å²) < 4.78 is 5.61. The Labute approximate surface area is 126 Å². The lowest BCUT2D eigenvalue weighted by Crippen LogP contribution is -2.51. The average molecular weight is 299 g/mol. The first kappa shape index (κ1) is 16.8. The molecule has 1 aliphatic heterocycles. The van der Waals surface area contributed by atoms with E-state index in [-0.39, 0.29) is 18.3 Å². The highest BCUT2D eigenvalue weighted by atomic mass is 35.5. The van der Waals surface area contributed by atoms with Crippen molar-refractivity contribution in [3.63, 3.8) is 0 Å². The second-order valence-corrected chi connectivity index (χ2v) is 5.11. The smallest absolute Gasteiger partial charge is 0.226 e. The number of ether oxygens (including phenoxy) is 1. The van der Waals surface area contributed by atoms with Crippen molar-refractivity contribution in [2.75, 3.05) is 26.2 Å². The first-order chi connectivity index (χ1) is 9.15. The number of nitrogens with zero attached hydrogens (tertiary/aromatic N) is 1. The number of hydrogen-bond acceptors (Lipinski definition) is 3. The third kappa shape index (κ3) is 5.02. The Morgan fingerprint density at radius 3 is 3.00 bits per heavy atom. The van der Waals surface area contributed by atoms with Crippen LogP contribution in [0.3, 0.4) is 0 Å². The topological polar surface area (TPSA) is 41.6 Å². The highest BCUT2D eigenvalue weighted by Gasteiger charge is 2.19. The van der Waals surface area contributed by atoms with Crippen molar-refractivity contribution in [3.05, 3.63) is 29.8 Å². The highest BCUT2D eigenvalue weighted by Crippen LogP contribution is 2.12. The van der Waals surface area contributed by atoms with Crippen LogP contribution in [0.2, 0.25) is 0 Å². The Morgan fingerprint density at radius 2 is 2.30 bits per heavy atom. The van der Waals surface area contributed by atoms with E-state index in [1.807, 2.05) is 36.1 Å². The van der Waals surface area contributed by atoms with Crippen LogP contribution in [0.25, 0.3) is 0 Å². The molecule has 4 nitrogen and oxygen atoms in total. The van der Waals surface area contributed by atoms with Crippen LogP contribution < -0.4 is 10.1 Å². The van der Waals surface area contributed by atoms with E-state index in [1.54, 1.807) is 0 Å². The molecule has 1 aromatic rings. The molecule has 112 valence electrons. The molecule has 0 bridgehead atoms. The molecule has 0 spiro atoms. The minimum atomic E-state index is 0. The maximum absolute atomic E-state index is 12.0. The Balaban J connectivity index is 0.00000200. The van der Waals surface area contributed by atoms with Gasteiger partial charge in [-0.3, -0.25) is 4.79 Å². The van der Waals surface area contributed by atoms with Gasteiger partial charge in [-0.25, -0.2) is 0 Å². The molecule has 1 amide bonds. The molecule has 2 rings (SSSR count). The first-order valence-corrected chi connectivity index (χ1v) is 6.86. The van der Waals surface area contributed by atoms with E-state index in [0.29, 0.717) is 19.1 Å². The Bertz CT molecular complexity index is 440. The van der Waals surface area contributed by atoms with Crippen molar-refractivity contribution in [1.82, 2.24) is 10.2 Å². The summed E-state index contributed by atoms with van der Waals surface area (Å²) in [5.41, 5.74) is 1.17. The molecule has 0 unspecified atom stereocenters. The average Bonchev–Trinajstić information content (AvgIpc) is 2.38. The minimum absolute atomic E-state index is 0. The van der Waals surface area contributed by atoms with Gasteiger partial charge in [0, 0.05) is 25.7 Å². The first-order valence-electron chi connectivity index (χ1n) is 6.86. The fraction of sp³-hybridized carbons (Fsp3) is 0.533. The van der Waals surface area contributed by atoms with E-state index < -0.39 is 0 Å². The van der Waals surface area contributed by atoms with Gasteiger partial charge in [-0.2, -0.15) is 0 Å². The molecule has 1 heterocycles. The number of halogens is 1. The molecule has 1 aromatic carbocycles. The van der Waals surface area contributed by atoms with Crippen LogP contribution in [0.1, 0.15) is 18.9 Å². The lowest BCUT2D eigenvalue weighted by Gasteiger charge is -2.31. The van der Waals surface area contributed by atoms with E-state index in [4.69, 9.17) is 4.74 Å². The molecule has 1 fully saturated rings. The maximum Gasteiger partial charge on any atom is 0.226 e. The van der Waals surface area contributed by atoms with Gasteiger partial charge in [0.25, 0.3) is 0 Å². The molecule has 0 saturated carbocycles. The van der Waals surface area contributed by atoms with Gasteiger partial charge in [0.05, 0.1) is 13.0 Å². The van der Waals surface area contributed by atoms with E-state index in [9.17, 15) is 4.79 Å².